The molecule has 2 bridgehead atoms. The molecule has 106 valence electrons. The Morgan fingerprint density at radius 3 is 2.95 bits per heavy atom. The molecule has 4 unspecified atom stereocenters. The monoisotopic (exact) mass is 272 g/mol. The van der Waals surface area contributed by atoms with E-state index < -0.39 is 0 Å². The Hall–Kier alpha value is -1.58. The number of hydrogen-bond donors (Lipinski definition) is 2. The van der Waals surface area contributed by atoms with Gasteiger partial charge in [0.1, 0.15) is 5.75 Å². The first-order valence-corrected chi connectivity index (χ1v) is 7.69. The summed E-state index contributed by atoms with van der Waals surface area (Å²) in [6, 6.07) is 3.43. The fraction of sp³-hybridized carbons (Fsp3) is 0.625. The lowest BCUT2D eigenvalue weighted by Gasteiger charge is -2.32. The highest BCUT2D eigenvalue weighted by Crippen LogP contribution is 2.58. The molecule has 0 aromatic carbocycles. The predicted octanol–water partition coefficient (Wildman–Crippen LogP) is 2.34. The van der Waals surface area contributed by atoms with Gasteiger partial charge in [-0.15, -0.1) is 0 Å². The topological polar surface area (TPSA) is 62.2 Å². The van der Waals surface area contributed by atoms with Gasteiger partial charge < -0.3 is 10.4 Å². The number of nitrogens with one attached hydrogen (secondary N) is 1. The van der Waals surface area contributed by atoms with Gasteiger partial charge in [-0.25, -0.2) is 4.98 Å². The summed E-state index contributed by atoms with van der Waals surface area (Å²) >= 11 is 0. The zero-order valence-corrected chi connectivity index (χ0v) is 11.5. The molecule has 1 aromatic rings. The van der Waals surface area contributed by atoms with E-state index in [4.69, 9.17) is 0 Å². The molecule has 1 heterocycles. The lowest BCUT2D eigenvalue weighted by molar-refractivity contribution is 0.0893. The molecule has 4 rings (SSSR count). The number of amides is 1. The van der Waals surface area contributed by atoms with Gasteiger partial charge in [0.25, 0.3) is 5.91 Å². The summed E-state index contributed by atoms with van der Waals surface area (Å²) in [5, 5.41) is 12.8. The molecule has 0 spiro atoms. The Bertz CT molecular complexity index is 545. The van der Waals surface area contributed by atoms with Crippen LogP contribution >= 0.6 is 0 Å². The van der Waals surface area contributed by atoms with Crippen molar-refractivity contribution in [1.82, 2.24) is 10.3 Å². The second kappa shape index (κ2) is 4.47. The third-order valence-electron chi connectivity index (χ3n) is 5.75. The third-order valence-corrected chi connectivity index (χ3v) is 5.75. The summed E-state index contributed by atoms with van der Waals surface area (Å²) in [6.07, 6.45) is 8.05. The van der Waals surface area contributed by atoms with E-state index >= 15 is 0 Å². The number of pyridine rings is 1. The Balaban J connectivity index is 1.48. The average molecular weight is 272 g/mol. The molecular formula is C16H20N2O2. The van der Waals surface area contributed by atoms with Crippen molar-refractivity contribution in [3.63, 3.8) is 0 Å². The van der Waals surface area contributed by atoms with Gasteiger partial charge in [-0.1, -0.05) is 6.42 Å². The van der Waals surface area contributed by atoms with Gasteiger partial charge in [0.2, 0.25) is 0 Å². The van der Waals surface area contributed by atoms with Crippen LogP contribution < -0.4 is 5.32 Å². The smallest absolute Gasteiger partial charge is 0.273 e. The number of rotatable bonds is 2. The number of carbonyl (C=O) groups excluding carboxylic acids is 1. The van der Waals surface area contributed by atoms with Crippen LogP contribution in [-0.4, -0.2) is 22.0 Å². The first-order valence-electron chi connectivity index (χ1n) is 7.69. The summed E-state index contributed by atoms with van der Waals surface area (Å²) in [5.74, 6) is 2.97. The van der Waals surface area contributed by atoms with Gasteiger partial charge in [0.15, 0.2) is 5.69 Å². The molecule has 5 atom stereocenters. The minimum absolute atomic E-state index is 0.0353. The molecule has 4 heteroatoms. The maximum atomic E-state index is 12.3. The fourth-order valence-electron chi connectivity index (χ4n) is 5.04. The number of carbonyl (C=O) groups is 1. The first-order chi connectivity index (χ1) is 9.74. The molecule has 3 saturated carbocycles. The number of hydrogen-bond acceptors (Lipinski definition) is 3. The van der Waals surface area contributed by atoms with E-state index in [1.54, 1.807) is 12.3 Å². The highest BCUT2D eigenvalue weighted by atomic mass is 16.3. The maximum absolute atomic E-state index is 12.3. The van der Waals surface area contributed by atoms with Gasteiger partial charge in [0, 0.05) is 12.2 Å². The Labute approximate surface area is 118 Å². The second-order valence-electron chi connectivity index (χ2n) is 6.61. The highest BCUT2D eigenvalue weighted by molar-refractivity contribution is 5.94. The van der Waals surface area contributed by atoms with E-state index in [2.05, 4.69) is 10.3 Å². The van der Waals surface area contributed by atoms with Gasteiger partial charge in [-0.3, -0.25) is 4.79 Å². The van der Waals surface area contributed by atoms with Crippen molar-refractivity contribution >= 4 is 5.91 Å². The van der Waals surface area contributed by atoms with Crippen molar-refractivity contribution in [3.05, 3.63) is 24.0 Å². The van der Waals surface area contributed by atoms with Crippen molar-refractivity contribution in [3.8, 4) is 5.75 Å². The largest absolute Gasteiger partial charge is 0.505 e. The highest BCUT2D eigenvalue weighted by Gasteiger charge is 2.54. The average Bonchev–Trinajstić information content (AvgIpc) is 3.10. The van der Waals surface area contributed by atoms with Crippen LogP contribution in [0.2, 0.25) is 0 Å². The van der Waals surface area contributed by atoms with E-state index in [-0.39, 0.29) is 23.4 Å². The zero-order chi connectivity index (χ0) is 13.7. The first kappa shape index (κ1) is 12.2. The summed E-state index contributed by atoms with van der Waals surface area (Å²) in [5.41, 5.74) is 0.151. The standard InChI is InChI=1S/C16H20N2O2/c19-14-5-2-6-17-15(14)16(20)18-13-8-9-7-12(13)11-4-1-3-10(9)11/h2,5-6,9-13,19H,1,3-4,7-8H2,(H,18,20)/t9?,10?,11?,12?,13-/m0/s1. The number of nitrogens with zero attached hydrogens (tertiary/aromatic N) is 1. The normalized spacial score (nSPS) is 37.9. The SMILES string of the molecule is O=C(N[C@H]1CC2CC1C1CCCC21)c1ncccc1O. The van der Waals surface area contributed by atoms with E-state index in [9.17, 15) is 9.90 Å². The molecule has 0 aliphatic heterocycles. The van der Waals surface area contributed by atoms with Crippen LogP contribution in [0.5, 0.6) is 5.75 Å². The maximum Gasteiger partial charge on any atom is 0.273 e. The lowest BCUT2D eigenvalue weighted by atomic mass is 9.79. The molecule has 1 amide bonds. The van der Waals surface area contributed by atoms with E-state index in [1.165, 1.54) is 31.7 Å². The van der Waals surface area contributed by atoms with Crippen LogP contribution in [0.4, 0.5) is 0 Å². The molecule has 3 fully saturated rings. The van der Waals surface area contributed by atoms with Crippen LogP contribution in [0.15, 0.2) is 18.3 Å². The van der Waals surface area contributed by atoms with Crippen molar-refractivity contribution < 1.29 is 9.90 Å². The summed E-state index contributed by atoms with van der Waals surface area (Å²) in [4.78, 5) is 16.2. The minimum Gasteiger partial charge on any atom is -0.505 e. The van der Waals surface area contributed by atoms with Gasteiger partial charge in [-0.05, 0) is 61.5 Å². The van der Waals surface area contributed by atoms with Gasteiger partial charge >= 0.3 is 0 Å². The summed E-state index contributed by atoms with van der Waals surface area (Å²) < 4.78 is 0. The van der Waals surface area contributed by atoms with Crippen LogP contribution in [0.1, 0.15) is 42.6 Å². The number of fused-ring (bicyclic) bond motifs is 5. The van der Waals surface area contributed by atoms with Crippen LogP contribution in [0, 0.1) is 23.7 Å². The summed E-state index contributed by atoms with van der Waals surface area (Å²) in [7, 11) is 0. The van der Waals surface area contributed by atoms with Crippen LogP contribution in [0.25, 0.3) is 0 Å². The van der Waals surface area contributed by atoms with E-state index in [1.807, 2.05) is 0 Å². The molecule has 1 aromatic heterocycles. The van der Waals surface area contributed by atoms with Crippen molar-refractivity contribution in [2.75, 3.05) is 0 Å². The van der Waals surface area contributed by atoms with Crippen LogP contribution in [0.3, 0.4) is 0 Å². The molecular weight excluding hydrogens is 252 g/mol. The van der Waals surface area contributed by atoms with E-state index in [0.29, 0.717) is 5.92 Å². The zero-order valence-electron chi connectivity index (χ0n) is 11.5. The molecule has 4 nitrogen and oxygen atoms in total. The molecule has 3 aliphatic rings. The quantitative estimate of drug-likeness (QED) is 0.868. The predicted molar refractivity (Wildman–Crippen MR) is 74.2 cm³/mol. The molecule has 0 saturated heterocycles. The summed E-state index contributed by atoms with van der Waals surface area (Å²) in [6.45, 7) is 0. The van der Waals surface area contributed by atoms with Crippen molar-refractivity contribution in [2.24, 2.45) is 23.7 Å². The minimum atomic E-state index is -0.227. The van der Waals surface area contributed by atoms with Gasteiger partial charge in [0.05, 0.1) is 0 Å². The Morgan fingerprint density at radius 2 is 2.10 bits per heavy atom. The van der Waals surface area contributed by atoms with Crippen molar-refractivity contribution in [1.29, 1.82) is 0 Å². The Kier molecular flexibility index (Phi) is 2.72. The van der Waals surface area contributed by atoms with Crippen LogP contribution in [-0.2, 0) is 0 Å². The molecule has 20 heavy (non-hydrogen) atoms. The lowest BCUT2D eigenvalue weighted by Crippen LogP contribution is -2.42. The van der Waals surface area contributed by atoms with Crippen molar-refractivity contribution in [2.45, 2.75) is 38.1 Å². The third kappa shape index (κ3) is 1.74. The fourth-order valence-corrected chi connectivity index (χ4v) is 5.04. The molecule has 0 radical (unpaired) electrons. The Morgan fingerprint density at radius 1 is 1.25 bits per heavy atom. The molecule has 3 aliphatic carbocycles. The molecule has 2 N–H and O–H groups in total. The number of aromatic hydroxyl groups is 1. The second-order valence-corrected chi connectivity index (χ2v) is 6.61. The van der Waals surface area contributed by atoms with Gasteiger partial charge in [-0.2, -0.15) is 0 Å². The van der Waals surface area contributed by atoms with E-state index in [0.717, 1.165) is 24.2 Å². The number of aromatic nitrogens is 1.